The highest BCUT2D eigenvalue weighted by Crippen LogP contribution is 2.21. The van der Waals surface area contributed by atoms with E-state index in [1.165, 1.54) is 0 Å². The summed E-state index contributed by atoms with van der Waals surface area (Å²) in [5, 5.41) is 18.5. The largest absolute Gasteiger partial charge is 0.549 e. The van der Waals surface area contributed by atoms with Crippen molar-refractivity contribution < 1.29 is 14.6 Å². The third kappa shape index (κ3) is 3.51. The first-order valence-electron chi connectivity index (χ1n) is 6.01. The monoisotopic (exact) mass is 292 g/mol. The van der Waals surface area contributed by atoms with Crippen molar-refractivity contribution in [3.8, 4) is 5.75 Å². The van der Waals surface area contributed by atoms with Gasteiger partial charge in [0.05, 0.1) is 5.97 Å². The normalized spacial score (nSPS) is 12.1. The van der Waals surface area contributed by atoms with Crippen LogP contribution in [0.15, 0.2) is 35.5 Å². The van der Waals surface area contributed by atoms with E-state index in [0.717, 1.165) is 17.5 Å². The number of thioether (sulfide) groups is 1. The number of aliphatic carboxylic acids is 1. The van der Waals surface area contributed by atoms with Crippen molar-refractivity contribution in [3.05, 3.63) is 36.2 Å². The van der Waals surface area contributed by atoms with Crippen LogP contribution in [0.4, 0.5) is 0 Å². The summed E-state index contributed by atoms with van der Waals surface area (Å²) >= 11 is 1.09. The van der Waals surface area contributed by atoms with Gasteiger partial charge in [-0.1, -0.05) is 30.0 Å². The van der Waals surface area contributed by atoms with E-state index in [2.05, 4.69) is 10.2 Å². The average molecular weight is 292 g/mol. The molecule has 0 spiro atoms. The Hall–Kier alpha value is -2.02. The van der Waals surface area contributed by atoms with Crippen LogP contribution in [0.5, 0.6) is 5.75 Å². The van der Waals surface area contributed by atoms with E-state index in [0.29, 0.717) is 11.0 Å². The Bertz CT molecular complexity index is 586. The zero-order valence-corrected chi connectivity index (χ0v) is 12.0. The molecule has 20 heavy (non-hydrogen) atoms. The van der Waals surface area contributed by atoms with Gasteiger partial charge in [0.15, 0.2) is 11.0 Å². The first-order valence-corrected chi connectivity index (χ1v) is 6.89. The number of carboxylic acid groups (broad SMARTS) is 1. The molecule has 6 nitrogen and oxygen atoms in total. The third-order valence-corrected chi connectivity index (χ3v) is 3.76. The number of carbonyl (C=O) groups is 1. The summed E-state index contributed by atoms with van der Waals surface area (Å²) in [5.74, 6) is 0.245. The molecule has 1 heterocycles. The number of carboxylic acids is 1. The fourth-order valence-electron chi connectivity index (χ4n) is 1.44. The molecule has 0 unspecified atom stereocenters. The Balaban J connectivity index is 2.00. The lowest BCUT2D eigenvalue weighted by Gasteiger charge is -2.11. The Morgan fingerprint density at radius 1 is 1.40 bits per heavy atom. The highest BCUT2D eigenvalue weighted by atomic mass is 32.2. The number of aromatic nitrogens is 3. The minimum absolute atomic E-state index is 0.272. The molecule has 2 aromatic rings. The molecular formula is C13H14N3O3S-. The van der Waals surface area contributed by atoms with E-state index in [1.54, 1.807) is 18.5 Å². The minimum Gasteiger partial charge on any atom is -0.549 e. The average Bonchev–Trinajstić information content (AvgIpc) is 2.78. The number of para-hydroxylation sites is 1. The van der Waals surface area contributed by atoms with Crippen LogP contribution in [-0.4, -0.2) is 26.0 Å². The Labute approximate surface area is 120 Å². The number of carbonyl (C=O) groups excluding carboxylic acids is 1. The number of ether oxygens (including phenoxy) is 1. The maximum absolute atomic E-state index is 10.7. The van der Waals surface area contributed by atoms with Crippen LogP contribution >= 0.6 is 11.8 Å². The van der Waals surface area contributed by atoms with E-state index in [1.807, 2.05) is 30.3 Å². The van der Waals surface area contributed by atoms with Crippen LogP contribution in [0.3, 0.4) is 0 Å². The van der Waals surface area contributed by atoms with Crippen molar-refractivity contribution in [2.45, 2.75) is 23.9 Å². The molecule has 106 valence electrons. The SMILES string of the molecule is C[C@@H](Sc1nnc(COc2ccccc2)n1C)C(=O)[O-]. The first kappa shape index (κ1) is 14.4. The highest BCUT2D eigenvalue weighted by Gasteiger charge is 2.13. The van der Waals surface area contributed by atoms with Gasteiger partial charge in [-0.3, -0.25) is 0 Å². The van der Waals surface area contributed by atoms with Gasteiger partial charge in [0.25, 0.3) is 0 Å². The molecule has 0 saturated carbocycles. The van der Waals surface area contributed by atoms with Crippen LogP contribution in [-0.2, 0) is 18.4 Å². The van der Waals surface area contributed by atoms with Gasteiger partial charge in [-0.2, -0.15) is 0 Å². The molecule has 0 aliphatic rings. The topological polar surface area (TPSA) is 80.1 Å². The molecule has 2 rings (SSSR count). The van der Waals surface area contributed by atoms with Crippen LogP contribution in [0.25, 0.3) is 0 Å². The lowest BCUT2D eigenvalue weighted by atomic mass is 10.3. The van der Waals surface area contributed by atoms with E-state index >= 15 is 0 Å². The number of benzene rings is 1. The van der Waals surface area contributed by atoms with E-state index in [-0.39, 0.29) is 6.61 Å². The molecular weight excluding hydrogens is 278 g/mol. The molecule has 1 aromatic carbocycles. The molecule has 0 amide bonds. The highest BCUT2D eigenvalue weighted by molar-refractivity contribution is 8.00. The molecule has 0 aliphatic carbocycles. The summed E-state index contributed by atoms with van der Waals surface area (Å²) < 4.78 is 7.29. The number of rotatable bonds is 6. The second kappa shape index (κ2) is 6.42. The van der Waals surface area contributed by atoms with Crippen LogP contribution in [0.2, 0.25) is 0 Å². The number of nitrogens with zero attached hydrogens (tertiary/aromatic N) is 3. The summed E-state index contributed by atoms with van der Waals surface area (Å²) in [4.78, 5) is 10.7. The zero-order chi connectivity index (χ0) is 14.5. The maximum atomic E-state index is 10.7. The van der Waals surface area contributed by atoms with Crippen LogP contribution in [0.1, 0.15) is 12.7 Å². The van der Waals surface area contributed by atoms with Crippen molar-refractivity contribution in [2.24, 2.45) is 7.05 Å². The van der Waals surface area contributed by atoms with Crippen molar-refractivity contribution in [3.63, 3.8) is 0 Å². The lowest BCUT2D eigenvalue weighted by Crippen LogP contribution is -2.31. The van der Waals surface area contributed by atoms with Gasteiger partial charge in [-0.05, 0) is 19.1 Å². The van der Waals surface area contributed by atoms with E-state index in [9.17, 15) is 9.90 Å². The predicted molar refractivity (Wildman–Crippen MR) is 72.1 cm³/mol. The van der Waals surface area contributed by atoms with E-state index in [4.69, 9.17) is 4.74 Å². The molecule has 7 heteroatoms. The van der Waals surface area contributed by atoms with E-state index < -0.39 is 11.2 Å². The molecule has 0 aliphatic heterocycles. The van der Waals surface area contributed by atoms with Gasteiger partial charge in [0.2, 0.25) is 0 Å². The van der Waals surface area contributed by atoms with Crippen molar-refractivity contribution in [1.29, 1.82) is 0 Å². The second-order valence-corrected chi connectivity index (χ2v) is 5.45. The smallest absolute Gasteiger partial charge is 0.191 e. The van der Waals surface area contributed by atoms with Gasteiger partial charge in [0.1, 0.15) is 12.4 Å². The zero-order valence-electron chi connectivity index (χ0n) is 11.1. The van der Waals surface area contributed by atoms with Crippen molar-refractivity contribution in [2.75, 3.05) is 0 Å². The van der Waals surface area contributed by atoms with Crippen LogP contribution in [0, 0.1) is 0 Å². The molecule has 0 saturated heterocycles. The van der Waals surface area contributed by atoms with Gasteiger partial charge in [-0.25, -0.2) is 0 Å². The van der Waals surface area contributed by atoms with Gasteiger partial charge in [-0.15, -0.1) is 10.2 Å². The summed E-state index contributed by atoms with van der Waals surface area (Å²) in [6, 6.07) is 9.38. The summed E-state index contributed by atoms with van der Waals surface area (Å²) in [6.45, 7) is 1.82. The number of hydrogen-bond acceptors (Lipinski definition) is 6. The Morgan fingerprint density at radius 3 is 2.75 bits per heavy atom. The fraction of sp³-hybridized carbons (Fsp3) is 0.308. The molecule has 0 fully saturated rings. The first-order chi connectivity index (χ1) is 9.58. The fourth-order valence-corrected chi connectivity index (χ4v) is 2.21. The van der Waals surface area contributed by atoms with Crippen molar-refractivity contribution in [1.82, 2.24) is 14.8 Å². The quantitative estimate of drug-likeness (QED) is 0.726. The van der Waals surface area contributed by atoms with Crippen molar-refractivity contribution >= 4 is 17.7 Å². The minimum atomic E-state index is -1.12. The van der Waals surface area contributed by atoms with Gasteiger partial charge in [0, 0.05) is 12.3 Å². The summed E-state index contributed by atoms with van der Waals surface area (Å²) in [6.07, 6.45) is 0. The standard InChI is InChI=1S/C13H15N3O3S/c1-9(12(17)18)20-13-15-14-11(16(13)2)8-19-10-6-4-3-5-7-10/h3-7,9H,8H2,1-2H3,(H,17,18)/p-1/t9-/m1/s1. The Morgan fingerprint density at radius 2 is 2.10 bits per heavy atom. The molecule has 0 radical (unpaired) electrons. The second-order valence-electron chi connectivity index (χ2n) is 4.14. The summed E-state index contributed by atoms with van der Waals surface area (Å²) in [5.41, 5.74) is 0. The molecule has 0 N–H and O–H groups in total. The summed E-state index contributed by atoms with van der Waals surface area (Å²) in [7, 11) is 1.77. The molecule has 0 bridgehead atoms. The third-order valence-electron chi connectivity index (χ3n) is 2.65. The van der Waals surface area contributed by atoms with Gasteiger partial charge < -0.3 is 19.2 Å². The number of hydrogen-bond donors (Lipinski definition) is 0. The van der Waals surface area contributed by atoms with Crippen LogP contribution < -0.4 is 9.84 Å². The predicted octanol–water partition coefficient (Wildman–Crippen LogP) is 0.625. The Kier molecular flexibility index (Phi) is 4.62. The lowest BCUT2D eigenvalue weighted by molar-refractivity contribution is -0.304. The molecule has 1 aromatic heterocycles. The van der Waals surface area contributed by atoms with Gasteiger partial charge >= 0.3 is 0 Å². The molecule has 1 atom stereocenters. The maximum Gasteiger partial charge on any atom is 0.191 e.